The highest BCUT2D eigenvalue weighted by Crippen LogP contribution is 2.28. The number of aromatic nitrogens is 1. The summed E-state index contributed by atoms with van der Waals surface area (Å²) in [4.78, 5) is 16.3. The van der Waals surface area contributed by atoms with E-state index in [4.69, 9.17) is 5.73 Å². The van der Waals surface area contributed by atoms with Gasteiger partial charge in [0, 0.05) is 12.2 Å². The van der Waals surface area contributed by atoms with E-state index in [0.29, 0.717) is 12.2 Å². The van der Waals surface area contributed by atoms with E-state index in [2.05, 4.69) is 10.3 Å². The Bertz CT molecular complexity index is 420. The molecule has 0 atom stereocenters. The van der Waals surface area contributed by atoms with Crippen molar-refractivity contribution in [2.75, 3.05) is 6.54 Å². The highest BCUT2D eigenvalue weighted by molar-refractivity contribution is 5.92. The van der Waals surface area contributed by atoms with E-state index in [1.807, 2.05) is 19.1 Å². The summed E-state index contributed by atoms with van der Waals surface area (Å²) in [5.74, 6) is -0.110. The fourth-order valence-corrected chi connectivity index (χ4v) is 2.41. The van der Waals surface area contributed by atoms with Crippen molar-refractivity contribution in [2.45, 2.75) is 38.1 Å². The minimum atomic E-state index is -0.206. The average molecular weight is 306 g/mol. The standard InChI is InChI=1S/C13H19N3O.2ClH/c1-10-5-4-6-11(15-10)12(17)16-13(9-14)7-2-3-8-13;;/h4-6H,2-3,7-9,14H2,1H3,(H,16,17);2*1H. The second-order valence-corrected chi connectivity index (χ2v) is 4.81. The molecule has 6 heteroatoms. The first-order chi connectivity index (χ1) is 8.15. The van der Waals surface area contributed by atoms with Gasteiger partial charge in [0.1, 0.15) is 5.69 Å². The van der Waals surface area contributed by atoms with Gasteiger partial charge in [0.25, 0.3) is 5.91 Å². The van der Waals surface area contributed by atoms with Crippen LogP contribution in [0.25, 0.3) is 0 Å². The zero-order valence-corrected chi connectivity index (χ0v) is 12.6. The predicted octanol–water partition coefficient (Wildman–Crippen LogP) is 2.23. The van der Waals surface area contributed by atoms with Crippen LogP contribution in [0.5, 0.6) is 0 Å². The molecule has 1 heterocycles. The molecule has 1 aromatic heterocycles. The maximum Gasteiger partial charge on any atom is 0.270 e. The Morgan fingerprint density at radius 2 is 2.00 bits per heavy atom. The van der Waals surface area contributed by atoms with Crippen LogP contribution in [-0.2, 0) is 0 Å². The number of carbonyl (C=O) groups is 1. The van der Waals surface area contributed by atoms with Crippen LogP contribution in [0.1, 0.15) is 41.9 Å². The highest BCUT2D eigenvalue weighted by atomic mass is 35.5. The van der Waals surface area contributed by atoms with Gasteiger partial charge in [-0.25, -0.2) is 4.98 Å². The van der Waals surface area contributed by atoms with E-state index in [-0.39, 0.29) is 36.3 Å². The van der Waals surface area contributed by atoms with Crippen LogP contribution in [0.15, 0.2) is 18.2 Å². The minimum Gasteiger partial charge on any atom is -0.344 e. The van der Waals surface area contributed by atoms with Crippen molar-refractivity contribution >= 4 is 30.7 Å². The Kier molecular flexibility index (Phi) is 7.34. The maximum atomic E-state index is 12.1. The van der Waals surface area contributed by atoms with E-state index in [1.165, 1.54) is 0 Å². The largest absolute Gasteiger partial charge is 0.344 e. The van der Waals surface area contributed by atoms with Gasteiger partial charge in [-0.05, 0) is 31.9 Å². The van der Waals surface area contributed by atoms with E-state index in [1.54, 1.807) is 6.07 Å². The van der Waals surface area contributed by atoms with Gasteiger partial charge in [0.05, 0.1) is 5.54 Å². The van der Waals surface area contributed by atoms with Crippen molar-refractivity contribution in [1.82, 2.24) is 10.3 Å². The molecule has 0 aromatic carbocycles. The van der Waals surface area contributed by atoms with E-state index >= 15 is 0 Å². The number of nitrogens with zero attached hydrogens (tertiary/aromatic N) is 1. The number of pyridine rings is 1. The molecule has 0 spiro atoms. The average Bonchev–Trinajstić information content (AvgIpc) is 2.78. The predicted molar refractivity (Wildman–Crippen MR) is 81.2 cm³/mol. The second kappa shape index (κ2) is 7.68. The lowest BCUT2D eigenvalue weighted by Crippen LogP contribution is -2.51. The highest BCUT2D eigenvalue weighted by Gasteiger charge is 2.34. The Balaban J connectivity index is 0.00000162. The number of carbonyl (C=O) groups excluding carboxylic acids is 1. The van der Waals surface area contributed by atoms with Crippen LogP contribution in [0.2, 0.25) is 0 Å². The molecule has 0 unspecified atom stereocenters. The molecule has 1 fully saturated rings. The third kappa shape index (κ3) is 4.34. The van der Waals surface area contributed by atoms with E-state index in [0.717, 1.165) is 31.4 Å². The summed E-state index contributed by atoms with van der Waals surface area (Å²) in [5, 5.41) is 3.06. The topological polar surface area (TPSA) is 68.0 Å². The summed E-state index contributed by atoms with van der Waals surface area (Å²) in [7, 11) is 0. The summed E-state index contributed by atoms with van der Waals surface area (Å²) < 4.78 is 0. The molecule has 1 saturated carbocycles. The summed E-state index contributed by atoms with van der Waals surface area (Å²) >= 11 is 0. The monoisotopic (exact) mass is 305 g/mol. The molecule has 1 aliphatic carbocycles. The molecule has 1 amide bonds. The van der Waals surface area contributed by atoms with Gasteiger partial charge in [-0.2, -0.15) is 0 Å². The number of rotatable bonds is 3. The number of halogens is 2. The van der Waals surface area contributed by atoms with Crippen molar-refractivity contribution in [1.29, 1.82) is 0 Å². The van der Waals surface area contributed by atoms with Crippen LogP contribution in [-0.4, -0.2) is 23.0 Å². The normalized spacial score (nSPS) is 16.1. The molecule has 0 radical (unpaired) electrons. The molecule has 3 N–H and O–H groups in total. The van der Waals surface area contributed by atoms with Gasteiger partial charge >= 0.3 is 0 Å². The molecule has 0 saturated heterocycles. The molecule has 4 nitrogen and oxygen atoms in total. The van der Waals surface area contributed by atoms with Crippen LogP contribution < -0.4 is 11.1 Å². The van der Waals surface area contributed by atoms with Crippen molar-refractivity contribution < 1.29 is 4.79 Å². The summed E-state index contributed by atoms with van der Waals surface area (Å²) in [6.45, 7) is 2.38. The smallest absolute Gasteiger partial charge is 0.270 e. The Morgan fingerprint density at radius 3 is 2.53 bits per heavy atom. The first-order valence-corrected chi connectivity index (χ1v) is 6.11. The lowest BCUT2D eigenvalue weighted by atomic mass is 9.97. The Hall–Kier alpha value is -0.840. The summed E-state index contributed by atoms with van der Waals surface area (Å²) in [5.41, 5.74) is 6.91. The molecule has 0 aliphatic heterocycles. The first-order valence-electron chi connectivity index (χ1n) is 6.11. The van der Waals surface area contributed by atoms with Crippen molar-refractivity contribution in [2.24, 2.45) is 5.73 Å². The zero-order valence-electron chi connectivity index (χ0n) is 11.0. The lowest BCUT2D eigenvalue weighted by molar-refractivity contribution is 0.0897. The van der Waals surface area contributed by atoms with Crippen molar-refractivity contribution in [3.8, 4) is 0 Å². The Labute approximate surface area is 126 Å². The summed E-state index contributed by atoms with van der Waals surface area (Å²) in [6.07, 6.45) is 4.22. The third-order valence-electron chi connectivity index (χ3n) is 3.45. The number of nitrogens with one attached hydrogen (secondary N) is 1. The van der Waals surface area contributed by atoms with Crippen molar-refractivity contribution in [3.63, 3.8) is 0 Å². The number of nitrogens with two attached hydrogens (primary N) is 1. The molecule has 108 valence electrons. The first kappa shape index (κ1) is 18.2. The third-order valence-corrected chi connectivity index (χ3v) is 3.45. The quantitative estimate of drug-likeness (QED) is 0.900. The second-order valence-electron chi connectivity index (χ2n) is 4.81. The summed E-state index contributed by atoms with van der Waals surface area (Å²) in [6, 6.07) is 5.47. The van der Waals surface area contributed by atoms with Gasteiger partial charge in [0.2, 0.25) is 0 Å². The van der Waals surface area contributed by atoms with Gasteiger partial charge < -0.3 is 11.1 Å². The maximum absolute atomic E-state index is 12.1. The fourth-order valence-electron chi connectivity index (χ4n) is 2.41. The lowest BCUT2D eigenvalue weighted by Gasteiger charge is -2.28. The van der Waals surface area contributed by atoms with Crippen LogP contribution in [0.4, 0.5) is 0 Å². The molecular weight excluding hydrogens is 285 g/mol. The SMILES string of the molecule is Cc1cccc(C(=O)NC2(CN)CCCC2)n1.Cl.Cl. The molecule has 1 aromatic rings. The van der Waals surface area contributed by atoms with Crippen LogP contribution in [0, 0.1) is 6.92 Å². The van der Waals surface area contributed by atoms with Gasteiger partial charge in [0.15, 0.2) is 0 Å². The zero-order chi connectivity index (χ0) is 12.3. The van der Waals surface area contributed by atoms with Gasteiger partial charge in [-0.1, -0.05) is 18.9 Å². The molecule has 0 bridgehead atoms. The number of amides is 1. The van der Waals surface area contributed by atoms with Crippen LogP contribution >= 0.6 is 24.8 Å². The van der Waals surface area contributed by atoms with Crippen molar-refractivity contribution in [3.05, 3.63) is 29.6 Å². The molecule has 1 aliphatic rings. The number of aryl methyl sites for hydroxylation is 1. The van der Waals surface area contributed by atoms with Gasteiger partial charge in [-0.3, -0.25) is 4.79 Å². The minimum absolute atomic E-state index is 0. The molecule has 19 heavy (non-hydrogen) atoms. The van der Waals surface area contributed by atoms with E-state index < -0.39 is 0 Å². The number of hydrogen-bond donors (Lipinski definition) is 2. The Morgan fingerprint density at radius 1 is 1.37 bits per heavy atom. The number of hydrogen-bond acceptors (Lipinski definition) is 3. The van der Waals surface area contributed by atoms with Gasteiger partial charge in [-0.15, -0.1) is 24.8 Å². The van der Waals surface area contributed by atoms with Crippen LogP contribution in [0.3, 0.4) is 0 Å². The molecular formula is C13H21Cl2N3O. The van der Waals surface area contributed by atoms with E-state index in [9.17, 15) is 4.79 Å². The molecule has 2 rings (SSSR count). The fraction of sp³-hybridized carbons (Fsp3) is 0.538.